The lowest BCUT2D eigenvalue weighted by Gasteiger charge is -2.12. The molecule has 0 heterocycles. The maximum absolute atomic E-state index is 2.41. The van der Waals surface area contributed by atoms with Crippen molar-refractivity contribution in [2.24, 2.45) is 5.92 Å². The number of rotatable bonds is 12. The molecule has 1 atom stereocenters. The van der Waals surface area contributed by atoms with Crippen LogP contribution in [0.1, 0.15) is 89.7 Å². The average molecular weight is 289 g/mol. The van der Waals surface area contributed by atoms with Crippen LogP contribution >= 0.6 is 0 Å². The van der Waals surface area contributed by atoms with Gasteiger partial charge in [0.05, 0.1) is 0 Å². The van der Waals surface area contributed by atoms with Crippen LogP contribution in [-0.2, 0) is 12.8 Å². The van der Waals surface area contributed by atoms with E-state index in [1.807, 2.05) is 0 Å². The fourth-order valence-electron chi connectivity index (χ4n) is 3.02. The predicted molar refractivity (Wildman–Crippen MR) is 95.9 cm³/mol. The molecule has 0 N–H and O–H groups in total. The molecule has 21 heavy (non-hydrogen) atoms. The third kappa shape index (κ3) is 8.96. The summed E-state index contributed by atoms with van der Waals surface area (Å²) in [7, 11) is 0. The highest BCUT2D eigenvalue weighted by Crippen LogP contribution is 2.17. The van der Waals surface area contributed by atoms with Crippen molar-refractivity contribution in [3.05, 3.63) is 35.4 Å². The zero-order valence-electron chi connectivity index (χ0n) is 14.7. The number of benzene rings is 1. The summed E-state index contributed by atoms with van der Waals surface area (Å²) in [5.74, 6) is 0.831. The lowest BCUT2D eigenvalue weighted by atomic mass is 9.94. The van der Waals surface area contributed by atoms with Crippen LogP contribution in [-0.4, -0.2) is 0 Å². The van der Waals surface area contributed by atoms with Gasteiger partial charge in [0.1, 0.15) is 0 Å². The normalized spacial score (nSPS) is 12.5. The summed E-state index contributed by atoms with van der Waals surface area (Å²) >= 11 is 0. The molecular weight excluding hydrogens is 252 g/mol. The fourth-order valence-corrected chi connectivity index (χ4v) is 3.02. The standard InChI is InChI=1S/C21H36/c1-4-6-8-10-12-19(3)18-21-16-14-20(15-17-21)13-11-9-7-5-2/h14-17,19H,4-13,18H2,1-3H3. The lowest BCUT2D eigenvalue weighted by Crippen LogP contribution is -2.00. The fraction of sp³-hybridized carbons (Fsp3) is 0.714. The lowest BCUT2D eigenvalue weighted by molar-refractivity contribution is 0.487. The molecule has 1 aromatic rings. The Labute approximate surface area is 133 Å². The van der Waals surface area contributed by atoms with Gasteiger partial charge in [0.2, 0.25) is 0 Å². The molecule has 0 nitrogen and oxygen atoms in total. The molecule has 0 amide bonds. The quantitative estimate of drug-likeness (QED) is 0.365. The first-order valence-electron chi connectivity index (χ1n) is 9.34. The summed E-state index contributed by atoms with van der Waals surface area (Å²) in [4.78, 5) is 0. The summed E-state index contributed by atoms with van der Waals surface area (Å²) in [6, 6.07) is 9.42. The molecular formula is C21H36. The van der Waals surface area contributed by atoms with Gasteiger partial charge in [-0.05, 0) is 36.3 Å². The molecule has 0 saturated carbocycles. The van der Waals surface area contributed by atoms with Gasteiger partial charge >= 0.3 is 0 Å². The summed E-state index contributed by atoms with van der Waals surface area (Å²) in [5, 5.41) is 0. The zero-order chi connectivity index (χ0) is 15.3. The monoisotopic (exact) mass is 288 g/mol. The Balaban J connectivity index is 2.23. The van der Waals surface area contributed by atoms with Gasteiger partial charge in [-0.1, -0.05) is 96.4 Å². The summed E-state index contributed by atoms with van der Waals surface area (Å²) in [6.45, 7) is 6.97. The van der Waals surface area contributed by atoms with Crippen molar-refractivity contribution in [1.82, 2.24) is 0 Å². The summed E-state index contributed by atoms with van der Waals surface area (Å²) in [5.41, 5.74) is 3.04. The van der Waals surface area contributed by atoms with Crippen molar-refractivity contribution in [2.45, 2.75) is 91.4 Å². The van der Waals surface area contributed by atoms with Gasteiger partial charge in [-0.25, -0.2) is 0 Å². The molecule has 0 aliphatic rings. The van der Waals surface area contributed by atoms with Gasteiger partial charge in [-0.2, -0.15) is 0 Å². The van der Waals surface area contributed by atoms with Crippen LogP contribution in [0.15, 0.2) is 24.3 Å². The summed E-state index contributed by atoms with van der Waals surface area (Å²) < 4.78 is 0. The van der Waals surface area contributed by atoms with Crippen LogP contribution in [0.4, 0.5) is 0 Å². The highest BCUT2D eigenvalue weighted by atomic mass is 14.1. The van der Waals surface area contributed by atoms with Gasteiger partial charge in [-0.3, -0.25) is 0 Å². The van der Waals surface area contributed by atoms with Crippen LogP contribution < -0.4 is 0 Å². The molecule has 0 bridgehead atoms. The van der Waals surface area contributed by atoms with E-state index in [9.17, 15) is 0 Å². The molecule has 0 fully saturated rings. The van der Waals surface area contributed by atoms with E-state index in [2.05, 4.69) is 45.0 Å². The predicted octanol–water partition coefficient (Wildman–Crippen LogP) is 6.96. The Bertz CT molecular complexity index is 336. The molecule has 0 heteroatoms. The minimum Gasteiger partial charge on any atom is -0.0654 e. The first-order valence-corrected chi connectivity index (χ1v) is 9.34. The molecule has 0 saturated heterocycles. The Hall–Kier alpha value is -0.780. The Morgan fingerprint density at radius 3 is 1.90 bits per heavy atom. The maximum atomic E-state index is 2.41. The van der Waals surface area contributed by atoms with Crippen LogP contribution in [0.2, 0.25) is 0 Å². The maximum Gasteiger partial charge on any atom is -0.0253 e. The average Bonchev–Trinajstić information content (AvgIpc) is 2.50. The minimum absolute atomic E-state index is 0.831. The largest absolute Gasteiger partial charge is 0.0654 e. The number of aryl methyl sites for hydroxylation is 1. The topological polar surface area (TPSA) is 0 Å². The second-order valence-corrected chi connectivity index (χ2v) is 6.79. The van der Waals surface area contributed by atoms with Gasteiger partial charge in [0, 0.05) is 0 Å². The van der Waals surface area contributed by atoms with E-state index in [-0.39, 0.29) is 0 Å². The van der Waals surface area contributed by atoms with E-state index in [4.69, 9.17) is 0 Å². The summed E-state index contributed by atoms with van der Waals surface area (Å²) in [6.07, 6.45) is 14.9. The number of unbranched alkanes of at least 4 members (excludes halogenated alkanes) is 6. The molecule has 0 aromatic heterocycles. The Kier molecular flexibility index (Phi) is 10.3. The molecule has 0 radical (unpaired) electrons. The van der Waals surface area contributed by atoms with Crippen molar-refractivity contribution >= 4 is 0 Å². The van der Waals surface area contributed by atoms with Crippen molar-refractivity contribution in [3.8, 4) is 0 Å². The van der Waals surface area contributed by atoms with Gasteiger partial charge in [0.25, 0.3) is 0 Å². The van der Waals surface area contributed by atoms with Crippen molar-refractivity contribution in [2.75, 3.05) is 0 Å². The molecule has 0 spiro atoms. The van der Waals surface area contributed by atoms with E-state index in [0.29, 0.717) is 0 Å². The van der Waals surface area contributed by atoms with Gasteiger partial charge in [0.15, 0.2) is 0 Å². The smallest absolute Gasteiger partial charge is 0.0253 e. The van der Waals surface area contributed by atoms with E-state index in [1.54, 1.807) is 0 Å². The van der Waals surface area contributed by atoms with E-state index >= 15 is 0 Å². The molecule has 0 aliphatic heterocycles. The van der Waals surface area contributed by atoms with Crippen molar-refractivity contribution < 1.29 is 0 Å². The van der Waals surface area contributed by atoms with Gasteiger partial charge in [-0.15, -0.1) is 0 Å². The molecule has 1 aromatic carbocycles. The highest BCUT2D eigenvalue weighted by Gasteiger charge is 2.04. The second-order valence-electron chi connectivity index (χ2n) is 6.79. The second kappa shape index (κ2) is 11.8. The number of hydrogen-bond acceptors (Lipinski definition) is 0. The first-order chi connectivity index (χ1) is 10.3. The highest BCUT2D eigenvalue weighted by molar-refractivity contribution is 5.23. The van der Waals surface area contributed by atoms with E-state index in [0.717, 1.165) is 5.92 Å². The molecule has 120 valence electrons. The Morgan fingerprint density at radius 1 is 0.714 bits per heavy atom. The Morgan fingerprint density at radius 2 is 1.29 bits per heavy atom. The molecule has 1 unspecified atom stereocenters. The van der Waals surface area contributed by atoms with Crippen LogP contribution in [0, 0.1) is 5.92 Å². The SMILES string of the molecule is CCCCCCc1ccc(CC(C)CCCCCC)cc1. The zero-order valence-corrected chi connectivity index (χ0v) is 14.7. The third-order valence-corrected chi connectivity index (χ3v) is 4.48. The molecule has 1 rings (SSSR count). The van der Waals surface area contributed by atoms with Crippen molar-refractivity contribution in [1.29, 1.82) is 0 Å². The molecule has 0 aliphatic carbocycles. The number of hydrogen-bond donors (Lipinski definition) is 0. The minimum atomic E-state index is 0.831. The van der Waals surface area contributed by atoms with Crippen LogP contribution in [0.25, 0.3) is 0 Å². The van der Waals surface area contributed by atoms with Crippen LogP contribution in [0.5, 0.6) is 0 Å². The van der Waals surface area contributed by atoms with Crippen LogP contribution in [0.3, 0.4) is 0 Å². The van der Waals surface area contributed by atoms with Gasteiger partial charge < -0.3 is 0 Å². The van der Waals surface area contributed by atoms with Crippen molar-refractivity contribution in [3.63, 3.8) is 0 Å². The third-order valence-electron chi connectivity index (χ3n) is 4.48. The first kappa shape index (κ1) is 18.3. The van der Waals surface area contributed by atoms with E-state index < -0.39 is 0 Å². The van der Waals surface area contributed by atoms with E-state index in [1.165, 1.54) is 81.8 Å².